The first kappa shape index (κ1) is 24.6. The molecule has 0 aromatic heterocycles. The fraction of sp³-hybridized carbons (Fsp3) is 0.176. The van der Waals surface area contributed by atoms with Gasteiger partial charge >= 0.3 is 0 Å². The number of hydrogen-bond donors (Lipinski definition) is 0. The van der Waals surface area contributed by atoms with Crippen LogP contribution in [0.3, 0.4) is 0 Å². The van der Waals surface area contributed by atoms with Gasteiger partial charge in [-0.15, -0.1) is 0 Å². The summed E-state index contributed by atoms with van der Waals surface area (Å²) in [6.07, 6.45) is 5.66. The van der Waals surface area contributed by atoms with Crippen LogP contribution in [-0.4, -0.2) is 0 Å². The van der Waals surface area contributed by atoms with Gasteiger partial charge in [0.2, 0.25) is 0 Å². The van der Waals surface area contributed by atoms with Crippen LogP contribution in [0, 0.1) is 0 Å². The molecule has 0 aliphatic rings. The van der Waals surface area contributed by atoms with Crippen LogP contribution in [0.5, 0.6) is 0 Å². The highest BCUT2D eigenvalue weighted by atomic mass is 35.5. The highest BCUT2D eigenvalue weighted by Gasteiger charge is 2.15. The minimum absolute atomic E-state index is 0.516. The van der Waals surface area contributed by atoms with Crippen molar-refractivity contribution in [3.05, 3.63) is 142 Å². The number of aryl methyl sites for hydroxylation is 2. The Bertz CT molecular complexity index is 1420. The molecule has 0 saturated carbocycles. The highest BCUT2D eigenvalue weighted by Crippen LogP contribution is 2.35. The molecule has 0 fully saturated rings. The van der Waals surface area contributed by atoms with E-state index in [1.807, 2.05) is 18.2 Å². The van der Waals surface area contributed by atoms with E-state index in [4.69, 9.17) is 23.2 Å². The molecule has 1 atom stereocenters. The Morgan fingerprint density at radius 3 is 2.08 bits per heavy atom. The average molecular weight is 510 g/mol. The Hall–Kier alpha value is -3.06. The van der Waals surface area contributed by atoms with Crippen LogP contribution in [0.4, 0.5) is 0 Å². The standard InChI is InChI=1S/C34H30Cl2/c35-33-18-8-17-32(34(33)36)29-23-20-26(21-24-29)19-22-28(13-6-11-25-9-2-1-3-10-25)31-16-7-14-27-12-4-5-15-30(27)31/h1-5,7-10,12,14-18,20-21,23-24,28H,6,11,13,19,22H2. The van der Waals surface area contributed by atoms with Crippen LogP contribution in [0.2, 0.25) is 10.0 Å². The third-order valence-electron chi connectivity index (χ3n) is 7.12. The molecule has 5 aromatic rings. The van der Waals surface area contributed by atoms with Gasteiger partial charge in [-0.05, 0) is 77.1 Å². The average Bonchev–Trinajstić information content (AvgIpc) is 2.93. The Balaban J connectivity index is 1.33. The summed E-state index contributed by atoms with van der Waals surface area (Å²) >= 11 is 12.7. The van der Waals surface area contributed by atoms with E-state index in [-0.39, 0.29) is 0 Å². The van der Waals surface area contributed by atoms with Gasteiger partial charge in [-0.2, -0.15) is 0 Å². The molecule has 36 heavy (non-hydrogen) atoms. The molecule has 0 aliphatic heterocycles. The van der Waals surface area contributed by atoms with Crippen molar-refractivity contribution in [3.63, 3.8) is 0 Å². The predicted octanol–water partition coefficient (Wildman–Crippen LogP) is 10.6. The fourth-order valence-electron chi connectivity index (χ4n) is 5.18. The molecule has 5 rings (SSSR count). The summed E-state index contributed by atoms with van der Waals surface area (Å²) in [4.78, 5) is 0. The monoisotopic (exact) mass is 508 g/mol. The molecular weight excluding hydrogens is 479 g/mol. The first-order valence-corrected chi connectivity index (χ1v) is 13.5. The normalized spacial score (nSPS) is 12.1. The summed E-state index contributed by atoms with van der Waals surface area (Å²) in [6, 6.07) is 41.0. The summed E-state index contributed by atoms with van der Waals surface area (Å²) in [5.41, 5.74) is 6.32. The van der Waals surface area contributed by atoms with Gasteiger partial charge in [0.05, 0.1) is 10.0 Å². The van der Waals surface area contributed by atoms with E-state index in [0.29, 0.717) is 16.0 Å². The van der Waals surface area contributed by atoms with Gasteiger partial charge < -0.3 is 0 Å². The van der Waals surface area contributed by atoms with Crippen LogP contribution in [0.1, 0.15) is 41.9 Å². The lowest BCUT2D eigenvalue weighted by atomic mass is 9.85. The van der Waals surface area contributed by atoms with E-state index in [1.165, 1.54) is 40.3 Å². The predicted molar refractivity (Wildman–Crippen MR) is 156 cm³/mol. The molecule has 0 nitrogen and oxygen atoms in total. The second-order valence-electron chi connectivity index (χ2n) is 9.48. The maximum atomic E-state index is 6.45. The molecule has 180 valence electrons. The smallest absolute Gasteiger partial charge is 0.0670 e. The fourth-order valence-corrected chi connectivity index (χ4v) is 5.59. The van der Waals surface area contributed by atoms with Crippen LogP contribution >= 0.6 is 23.2 Å². The van der Waals surface area contributed by atoms with E-state index >= 15 is 0 Å². The Morgan fingerprint density at radius 1 is 0.556 bits per heavy atom. The molecular formula is C34H30Cl2. The van der Waals surface area contributed by atoms with Crippen molar-refractivity contribution in [1.82, 2.24) is 0 Å². The summed E-state index contributed by atoms with van der Waals surface area (Å²) in [6.45, 7) is 0. The van der Waals surface area contributed by atoms with Crippen molar-refractivity contribution in [2.75, 3.05) is 0 Å². The third kappa shape index (κ3) is 5.84. The zero-order chi connectivity index (χ0) is 24.7. The van der Waals surface area contributed by atoms with Gasteiger partial charge in [-0.1, -0.05) is 132 Å². The van der Waals surface area contributed by atoms with Gasteiger partial charge in [-0.25, -0.2) is 0 Å². The minimum atomic E-state index is 0.516. The molecule has 2 heteroatoms. The molecule has 0 bridgehead atoms. The first-order valence-electron chi connectivity index (χ1n) is 12.7. The summed E-state index contributed by atoms with van der Waals surface area (Å²) in [5.74, 6) is 0.516. The van der Waals surface area contributed by atoms with Crippen molar-refractivity contribution >= 4 is 34.0 Å². The van der Waals surface area contributed by atoms with Crippen LogP contribution < -0.4 is 0 Å². The molecule has 0 amide bonds. The van der Waals surface area contributed by atoms with Gasteiger partial charge in [-0.3, -0.25) is 0 Å². The third-order valence-corrected chi connectivity index (χ3v) is 7.94. The number of fused-ring (bicyclic) bond motifs is 1. The van der Waals surface area contributed by atoms with Crippen molar-refractivity contribution in [2.45, 2.75) is 38.0 Å². The second kappa shape index (κ2) is 11.8. The van der Waals surface area contributed by atoms with Crippen molar-refractivity contribution in [3.8, 4) is 11.1 Å². The van der Waals surface area contributed by atoms with Gasteiger partial charge in [0.1, 0.15) is 0 Å². The molecule has 0 aliphatic carbocycles. The summed E-state index contributed by atoms with van der Waals surface area (Å²) in [7, 11) is 0. The quantitative estimate of drug-likeness (QED) is 0.185. The Kier molecular flexibility index (Phi) is 8.06. The van der Waals surface area contributed by atoms with Gasteiger partial charge in [0.25, 0.3) is 0 Å². The molecule has 0 spiro atoms. The number of benzene rings is 5. The number of halogens is 2. The maximum Gasteiger partial charge on any atom is 0.0670 e. The lowest BCUT2D eigenvalue weighted by Crippen LogP contribution is -2.03. The van der Waals surface area contributed by atoms with Crippen molar-refractivity contribution < 1.29 is 0 Å². The first-order chi connectivity index (χ1) is 17.7. The Morgan fingerprint density at radius 2 is 1.25 bits per heavy atom. The second-order valence-corrected chi connectivity index (χ2v) is 10.3. The highest BCUT2D eigenvalue weighted by molar-refractivity contribution is 6.43. The Labute approximate surface area is 224 Å². The summed E-state index contributed by atoms with van der Waals surface area (Å²) < 4.78 is 0. The largest absolute Gasteiger partial charge is 0.0827 e. The molecule has 0 N–H and O–H groups in total. The zero-order valence-electron chi connectivity index (χ0n) is 20.3. The van der Waals surface area contributed by atoms with Crippen molar-refractivity contribution in [2.24, 2.45) is 0 Å². The topological polar surface area (TPSA) is 0 Å². The van der Waals surface area contributed by atoms with Crippen molar-refractivity contribution in [1.29, 1.82) is 0 Å². The van der Waals surface area contributed by atoms with E-state index in [1.54, 1.807) is 0 Å². The SMILES string of the molecule is Clc1cccc(-c2ccc(CCC(CCCc3ccccc3)c3cccc4ccccc34)cc2)c1Cl. The van der Waals surface area contributed by atoms with E-state index in [0.717, 1.165) is 30.4 Å². The molecule has 5 aromatic carbocycles. The van der Waals surface area contributed by atoms with Gasteiger partial charge in [0, 0.05) is 5.56 Å². The zero-order valence-corrected chi connectivity index (χ0v) is 21.9. The molecule has 1 unspecified atom stereocenters. The number of hydrogen-bond acceptors (Lipinski definition) is 0. The number of rotatable bonds is 9. The van der Waals surface area contributed by atoms with E-state index in [2.05, 4.69) is 97.1 Å². The minimum Gasteiger partial charge on any atom is -0.0827 e. The van der Waals surface area contributed by atoms with Crippen LogP contribution in [0.15, 0.2) is 115 Å². The van der Waals surface area contributed by atoms with Crippen LogP contribution in [-0.2, 0) is 12.8 Å². The lowest BCUT2D eigenvalue weighted by Gasteiger charge is -2.20. The van der Waals surface area contributed by atoms with E-state index < -0.39 is 0 Å². The van der Waals surface area contributed by atoms with Crippen LogP contribution in [0.25, 0.3) is 21.9 Å². The lowest BCUT2D eigenvalue weighted by molar-refractivity contribution is 0.555. The van der Waals surface area contributed by atoms with E-state index in [9.17, 15) is 0 Å². The van der Waals surface area contributed by atoms with Gasteiger partial charge in [0.15, 0.2) is 0 Å². The summed E-state index contributed by atoms with van der Waals surface area (Å²) in [5, 5.41) is 3.91. The maximum absolute atomic E-state index is 6.45. The molecule has 0 radical (unpaired) electrons. The molecule has 0 heterocycles. The molecule has 0 saturated heterocycles.